The third-order valence-electron chi connectivity index (χ3n) is 7.41. The molecule has 1 fully saturated rings. The molecule has 0 bridgehead atoms. The monoisotopic (exact) mass is 514 g/mol. The summed E-state index contributed by atoms with van der Waals surface area (Å²) in [6, 6.07) is 25.5. The summed E-state index contributed by atoms with van der Waals surface area (Å²) in [5, 5.41) is 19.0. The molecule has 5 N–H and O–H groups in total. The third kappa shape index (κ3) is 3.91. The van der Waals surface area contributed by atoms with Gasteiger partial charge >= 0.3 is 0 Å². The highest BCUT2D eigenvalue weighted by Crippen LogP contribution is 2.46. The summed E-state index contributed by atoms with van der Waals surface area (Å²) >= 11 is 0. The average Bonchev–Trinajstić information content (AvgIpc) is 3.37. The van der Waals surface area contributed by atoms with Crippen LogP contribution in [0.2, 0.25) is 0 Å². The molecule has 0 spiro atoms. The highest BCUT2D eigenvalue weighted by atomic mass is 16.3. The van der Waals surface area contributed by atoms with Gasteiger partial charge in [0.05, 0.1) is 17.0 Å². The smallest absolute Gasteiger partial charge is 0.170 e. The minimum absolute atomic E-state index is 0.399. The third-order valence-corrected chi connectivity index (χ3v) is 7.41. The number of aliphatic hydroxyl groups is 1. The zero-order chi connectivity index (χ0) is 26.8. The molecule has 1 saturated carbocycles. The number of nitrogen functional groups attached to an aromatic ring is 1. The van der Waals surface area contributed by atoms with E-state index in [1.54, 1.807) is 12.3 Å². The summed E-state index contributed by atoms with van der Waals surface area (Å²) in [5.74, 6) is 1.01. The molecule has 0 saturated heterocycles. The Bertz CT molecular complexity index is 1850. The van der Waals surface area contributed by atoms with E-state index >= 15 is 0 Å². The number of anilines is 1. The van der Waals surface area contributed by atoms with E-state index in [9.17, 15) is 5.11 Å². The van der Waals surface area contributed by atoms with Crippen LogP contribution >= 0.6 is 0 Å². The van der Waals surface area contributed by atoms with Gasteiger partial charge in [-0.1, -0.05) is 54.6 Å². The van der Waals surface area contributed by atoms with E-state index in [4.69, 9.17) is 21.4 Å². The highest BCUT2D eigenvalue weighted by Gasteiger charge is 2.49. The van der Waals surface area contributed by atoms with Crippen molar-refractivity contribution in [3.05, 3.63) is 90.6 Å². The number of nitrogens with zero attached hydrogens (tertiary/aromatic N) is 6. The Hall–Kier alpha value is -4.73. The van der Waals surface area contributed by atoms with Crippen molar-refractivity contribution in [1.82, 2.24) is 29.5 Å². The van der Waals surface area contributed by atoms with E-state index in [0.717, 1.165) is 33.6 Å². The minimum Gasteiger partial charge on any atom is -0.390 e. The van der Waals surface area contributed by atoms with Crippen LogP contribution in [0.5, 0.6) is 0 Å². The molecule has 4 aromatic heterocycles. The zero-order valence-corrected chi connectivity index (χ0v) is 21.3. The van der Waals surface area contributed by atoms with Gasteiger partial charge in [-0.2, -0.15) is 0 Å². The molecule has 0 atom stereocenters. The Labute approximate surface area is 224 Å². The molecule has 7 rings (SSSR count). The Balaban J connectivity index is 1.42. The summed E-state index contributed by atoms with van der Waals surface area (Å²) in [6.07, 6.45) is 2.71. The number of hydrogen-bond acceptors (Lipinski definition) is 8. The second kappa shape index (κ2) is 8.39. The van der Waals surface area contributed by atoms with Crippen molar-refractivity contribution in [3.8, 4) is 33.9 Å². The van der Waals surface area contributed by atoms with Gasteiger partial charge in [-0.05, 0) is 49.6 Å². The molecule has 1 aliphatic carbocycles. The van der Waals surface area contributed by atoms with Crippen molar-refractivity contribution in [3.63, 3.8) is 0 Å². The first-order valence-corrected chi connectivity index (χ1v) is 12.8. The fourth-order valence-corrected chi connectivity index (χ4v) is 5.73. The minimum atomic E-state index is -0.716. The van der Waals surface area contributed by atoms with Crippen LogP contribution in [0.4, 0.5) is 5.82 Å². The van der Waals surface area contributed by atoms with E-state index in [1.165, 1.54) is 0 Å². The van der Waals surface area contributed by atoms with Crippen molar-refractivity contribution in [2.75, 3.05) is 5.73 Å². The molecule has 2 aromatic carbocycles. The molecule has 9 nitrogen and oxygen atoms in total. The first kappa shape index (κ1) is 23.4. The second-order valence-electron chi connectivity index (χ2n) is 10.6. The van der Waals surface area contributed by atoms with Crippen LogP contribution in [0.3, 0.4) is 0 Å². The number of nitrogens with two attached hydrogens (primary N) is 2. The van der Waals surface area contributed by atoms with Gasteiger partial charge in [-0.3, -0.25) is 4.40 Å². The summed E-state index contributed by atoms with van der Waals surface area (Å²) in [6.45, 7) is 1.82. The lowest BCUT2D eigenvalue weighted by Gasteiger charge is -2.49. The number of pyridine rings is 2. The average molecular weight is 515 g/mol. The van der Waals surface area contributed by atoms with Gasteiger partial charge in [0, 0.05) is 28.4 Å². The highest BCUT2D eigenvalue weighted by molar-refractivity contribution is 5.87. The van der Waals surface area contributed by atoms with Gasteiger partial charge in [0.25, 0.3) is 0 Å². The second-order valence-corrected chi connectivity index (χ2v) is 10.6. The van der Waals surface area contributed by atoms with Crippen molar-refractivity contribution in [2.24, 2.45) is 5.73 Å². The van der Waals surface area contributed by atoms with Crippen LogP contribution in [0, 0.1) is 0 Å². The standard InChI is InChI=1S/C30H26N8O/c1-29(39)16-30(32,17-29)21-9-7-19(8-10-21)25-26(18-5-3-2-4-6-18)35-28-22(34-25)11-12-24-36-37-27(38(24)28)20-13-14-33-23(31)15-20/h2-15,39H,16-17,32H2,1H3,(H2,31,33)/t29-,30-. The number of aromatic nitrogens is 6. The predicted octanol–water partition coefficient (Wildman–Crippen LogP) is 4.35. The summed E-state index contributed by atoms with van der Waals surface area (Å²) in [7, 11) is 0. The molecular weight excluding hydrogens is 488 g/mol. The normalized spacial score (nSPS) is 20.8. The molecule has 9 heteroatoms. The van der Waals surface area contributed by atoms with E-state index in [-0.39, 0.29) is 0 Å². The summed E-state index contributed by atoms with van der Waals surface area (Å²) in [5.41, 5.74) is 18.4. The van der Waals surface area contributed by atoms with Crippen LogP contribution in [0.1, 0.15) is 25.3 Å². The van der Waals surface area contributed by atoms with Crippen molar-refractivity contribution >= 4 is 22.6 Å². The first-order chi connectivity index (χ1) is 18.8. The van der Waals surface area contributed by atoms with Gasteiger partial charge in [-0.25, -0.2) is 15.0 Å². The number of rotatable bonds is 4. The molecule has 6 aromatic rings. The summed E-state index contributed by atoms with van der Waals surface area (Å²) < 4.78 is 1.90. The van der Waals surface area contributed by atoms with E-state index in [2.05, 4.69) is 15.2 Å². The van der Waals surface area contributed by atoms with Crippen LogP contribution in [-0.4, -0.2) is 40.3 Å². The molecule has 0 aliphatic heterocycles. The van der Waals surface area contributed by atoms with Gasteiger partial charge in [0.2, 0.25) is 0 Å². The number of fused-ring (bicyclic) bond motifs is 3. The van der Waals surface area contributed by atoms with Crippen LogP contribution in [-0.2, 0) is 5.54 Å². The molecule has 0 unspecified atom stereocenters. The molecule has 1 aliphatic rings. The molecule has 192 valence electrons. The van der Waals surface area contributed by atoms with Crippen LogP contribution in [0.25, 0.3) is 50.7 Å². The molecule has 39 heavy (non-hydrogen) atoms. The van der Waals surface area contributed by atoms with Gasteiger partial charge in [0.1, 0.15) is 11.3 Å². The Morgan fingerprint density at radius 2 is 1.54 bits per heavy atom. The topological polar surface area (TPSA) is 141 Å². The van der Waals surface area contributed by atoms with Gasteiger partial charge < -0.3 is 16.6 Å². The fraction of sp³-hybridized carbons (Fsp3) is 0.167. The molecule has 0 radical (unpaired) electrons. The number of benzene rings is 2. The molecule has 0 amide bonds. The first-order valence-electron chi connectivity index (χ1n) is 12.8. The zero-order valence-electron chi connectivity index (χ0n) is 21.3. The van der Waals surface area contributed by atoms with Gasteiger partial charge in [0.15, 0.2) is 17.1 Å². The van der Waals surface area contributed by atoms with Crippen LogP contribution < -0.4 is 11.5 Å². The molecular formula is C30H26N8O. The van der Waals surface area contributed by atoms with Crippen molar-refractivity contribution in [1.29, 1.82) is 0 Å². The Kier molecular flexibility index (Phi) is 5.03. The largest absolute Gasteiger partial charge is 0.390 e. The Morgan fingerprint density at radius 1 is 0.821 bits per heavy atom. The number of hydrogen-bond donors (Lipinski definition) is 3. The lowest BCUT2D eigenvalue weighted by molar-refractivity contribution is -0.0738. The van der Waals surface area contributed by atoms with Crippen LogP contribution in [0.15, 0.2) is 85.1 Å². The molecule has 4 heterocycles. The quantitative estimate of drug-likeness (QED) is 0.315. The summed E-state index contributed by atoms with van der Waals surface area (Å²) in [4.78, 5) is 14.4. The van der Waals surface area contributed by atoms with E-state index < -0.39 is 11.1 Å². The van der Waals surface area contributed by atoms with Crippen molar-refractivity contribution in [2.45, 2.75) is 30.9 Å². The van der Waals surface area contributed by atoms with E-state index in [1.807, 2.05) is 84.1 Å². The maximum absolute atomic E-state index is 10.3. The lowest BCUT2D eigenvalue weighted by Crippen LogP contribution is -2.58. The van der Waals surface area contributed by atoms with Crippen molar-refractivity contribution < 1.29 is 5.11 Å². The predicted molar refractivity (Wildman–Crippen MR) is 150 cm³/mol. The fourth-order valence-electron chi connectivity index (χ4n) is 5.73. The Morgan fingerprint density at radius 3 is 2.26 bits per heavy atom. The lowest BCUT2D eigenvalue weighted by atomic mass is 9.63. The maximum atomic E-state index is 10.3. The van der Waals surface area contributed by atoms with E-state index in [0.29, 0.717) is 41.3 Å². The maximum Gasteiger partial charge on any atom is 0.170 e. The SMILES string of the molecule is C[C@]1(O)C[C@@](N)(c2ccc(-c3nc4ccc5nnc(-c6ccnc(N)c6)n5c4nc3-c3ccccc3)cc2)C1. The van der Waals surface area contributed by atoms with Gasteiger partial charge in [-0.15, -0.1) is 10.2 Å².